The van der Waals surface area contributed by atoms with Crippen LogP contribution in [-0.2, 0) is 0 Å². The van der Waals surface area contributed by atoms with Crippen molar-refractivity contribution < 1.29 is 4.39 Å². The molecule has 0 aromatic heterocycles. The van der Waals surface area contributed by atoms with Gasteiger partial charge in [0.05, 0.1) is 6.04 Å². The molecule has 1 N–H and O–H groups in total. The normalized spacial score (nSPS) is 12.3. The van der Waals surface area contributed by atoms with E-state index in [0.717, 1.165) is 19.1 Å². The second-order valence-electron chi connectivity index (χ2n) is 4.16. The van der Waals surface area contributed by atoms with E-state index in [-0.39, 0.29) is 11.9 Å². The fourth-order valence-electron chi connectivity index (χ4n) is 1.77. The minimum absolute atomic E-state index is 0.120. The van der Waals surface area contributed by atoms with Crippen LogP contribution in [0.5, 0.6) is 0 Å². The van der Waals surface area contributed by atoms with Gasteiger partial charge in [-0.25, -0.2) is 4.39 Å². The minimum atomic E-state index is -0.220. The maximum absolute atomic E-state index is 13.9. The molecule has 0 aliphatic heterocycles. The van der Waals surface area contributed by atoms with E-state index >= 15 is 0 Å². The van der Waals surface area contributed by atoms with Crippen molar-refractivity contribution in [3.05, 3.63) is 61.2 Å². The van der Waals surface area contributed by atoms with Crippen LogP contribution in [0.4, 0.5) is 10.1 Å². The highest BCUT2D eigenvalue weighted by atomic mass is 79.9. The van der Waals surface area contributed by atoms with Crippen molar-refractivity contribution in [1.82, 2.24) is 0 Å². The van der Waals surface area contributed by atoms with Gasteiger partial charge in [-0.2, -0.15) is 0 Å². The number of halogens is 4. The molecule has 0 aliphatic rings. The smallest absolute Gasteiger partial charge is 0.129 e. The van der Waals surface area contributed by atoms with Crippen molar-refractivity contribution >= 4 is 53.5 Å². The molecule has 0 saturated carbocycles. The number of nitrogens with one attached hydrogen (secondary N) is 1. The first-order chi connectivity index (χ1) is 8.97. The molecular weight excluding hydrogens is 441 g/mol. The highest BCUT2D eigenvalue weighted by Crippen LogP contribution is 2.30. The van der Waals surface area contributed by atoms with Crippen molar-refractivity contribution in [2.75, 3.05) is 5.32 Å². The SMILES string of the molecule is CC(Nc1ccc(Br)cc1Br)c1ccc(Br)cc1F. The van der Waals surface area contributed by atoms with Gasteiger partial charge in [-0.3, -0.25) is 0 Å². The molecule has 5 heteroatoms. The standard InChI is InChI=1S/C14H11Br3FN/c1-8(11-4-2-10(16)7-13(11)18)19-14-5-3-9(15)6-12(14)17/h2-8,19H,1H3. The Kier molecular flexibility index (Phi) is 5.03. The number of anilines is 1. The summed E-state index contributed by atoms with van der Waals surface area (Å²) in [6.45, 7) is 1.93. The maximum atomic E-state index is 13.9. The lowest BCUT2D eigenvalue weighted by Crippen LogP contribution is -2.09. The summed E-state index contributed by atoms with van der Waals surface area (Å²) in [5.41, 5.74) is 1.57. The molecule has 1 nitrogen and oxygen atoms in total. The first-order valence-electron chi connectivity index (χ1n) is 5.64. The van der Waals surface area contributed by atoms with E-state index in [4.69, 9.17) is 0 Å². The van der Waals surface area contributed by atoms with Gasteiger partial charge in [-0.15, -0.1) is 0 Å². The van der Waals surface area contributed by atoms with E-state index in [0.29, 0.717) is 5.56 Å². The molecule has 0 spiro atoms. The van der Waals surface area contributed by atoms with Crippen LogP contribution in [0.25, 0.3) is 0 Å². The van der Waals surface area contributed by atoms with Crippen LogP contribution in [0.1, 0.15) is 18.5 Å². The average molecular weight is 452 g/mol. The van der Waals surface area contributed by atoms with Crippen molar-refractivity contribution in [1.29, 1.82) is 0 Å². The van der Waals surface area contributed by atoms with Gasteiger partial charge in [-0.1, -0.05) is 37.9 Å². The second kappa shape index (κ2) is 6.37. The predicted molar refractivity (Wildman–Crippen MR) is 88.0 cm³/mol. The van der Waals surface area contributed by atoms with Gasteiger partial charge in [0.1, 0.15) is 5.82 Å². The lowest BCUT2D eigenvalue weighted by Gasteiger charge is -2.18. The third-order valence-electron chi connectivity index (χ3n) is 2.73. The van der Waals surface area contributed by atoms with Crippen molar-refractivity contribution in [3.8, 4) is 0 Å². The summed E-state index contributed by atoms with van der Waals surface area (Å²) >= 11 is 10.1. The number of rotatable bonds is 3. The summed E-state index contributed by atoms with van der Waals surface area (Å²) in [4.78, 5) is 0. The Hall–Kier alpha value is -0.390. The summed E-state index contributed by atoms with van der Waals surface area (Å²) in [5, 5.41) is 3.29. The third kappa shape index (κ3) is 3.80. The molecule has 0 radical (unpaired) electrons. The Bertz CT molecular complexity index is 601. The maximum Gasteiger partial charge on any atom is 0.129 e. The Morgan fingerprint density at radius 2 is 1.63 bits per heavy atom. The highest BCUT2D eigenvalue weighted by molar-refractivity contribution is 9.11. The first kappa shape index (κ1) is 15.0. The zero-order valence-electron chi connectivity index (χ0n) is 10.1. The predicted octanol–water partition coefficient (Wildman–Crippen LogP) is 6.29. The summed E-state index contributed by atoms with van der Waals surface area (Å²) in [6, 6.07) is 10.8. The molecule has 2 rings (SSSR count). The molecule has 0 heterocycles. The monoisotopic (exact) mass is 449 g/mol. The largest absolute Gasteiger partial charge is 0.377 e. The Morgan fingerprint density at radius 3 is 2.26 bits per heavy atom. The lowest BCUT2D eigenvalue weighted by atomic mass is 10.1. The van der Waals surface area contributed by atoms with Crippen LogP contribution in [0.2, 0.25) is 0 Å². The molecule has 100 valence electrons. The van der Waals surface area contributed by atoms with Gasteiger partial charge < -0.3 is 5.32 Å². The summed E-state index contributed by atoms with van der Waals surface area (Å²) < 4.78 is 16.5. The zero-order chi connectivity index (χ0) is 14.0. The third-order valence-corrected chi connectivity index (χ3v) is 4.37. The van der Waals surface area contributed by atoms with Crippen molar-refractivity contribution in [2.24, 2.45) is 0 Å². The molecular formula is C14H11Br3FN. The van der Waals surface area contributed by atoms with Crippen LogP contribution in [0, 0.1) is 5.82 Å². The summed E-state index contributed by atoms with van der Waals surface area (Å²) in [7, 11) is 0. The molecule has 19 heavy (non-hydrogen) atoms. The van der Waals surface area contributed by atoms with E-state index in [9.17, 15) is 4.39 Å². The summed E-state index contributed by atoms with van der Waals surface area (Å²) in [6.07, 6.45) is 0. The number of hydrogen-bond acceptors (Lipinski definition) is 1. The van der Waals surface area contributed by atoms with Crippen molar-refractivity contribution in [2.45, 2.75) is 13.0 Å². The van der Waals surface area contributed by atoms with E-state index in [1.165, 1.54) is 6.07 Å². The fraction of sp³-hybridized carbons (Fsp3) is 0.143. The lowest BCUT2D eigenvalue weighted by molar-refractivity contribution is 0.599. The van der Waals surface area contributed by atoms with E-state index in [1.807, 2.05) is 31.2 Å². The minimum Gasteiger partial charge on any atom is -0.377 e. The van der Waals surface area contributed by atoms with Crippen LogP contribution in [0.15, 0.2) is 49.8 Å². The topological polar surface area (TPSA) is 12.0 Å². The van der Waals surface area contributed by atoms with Gasteiger partial charge in [0.25, 0.3) is 0 Å². The molecule has 0 bridgehead atoms. The fourth-order valence-corrected chi connectivity index (χ4v) is 3.26. The molecule has 1 atom stereocenters. The van der Waals surface area contributed by atoms with Gasteiger partial charge in [0.2, 0.25) is 0 Å². The molecule has 0 saturated heterocycles. The van der Waals surface area contributed by atoms with Gasteiger partial charge >= 0.3 is 0 Å². The molecule has 0 aliphatic carbocycles. The van der Waals surface area contributed by atoms with Crippen LogP contribution in [-0.4, -0.2) is 0 Å². The molecule has 0 fully saturated rings. The highest BCUT2D eigenvalue weighted by Gasteiger charge is 2.12. The Balaban J connectivity index is 2.23. The molecule has 1 unspecified atom stereocenters. The van der Waals surface area contributed by atoms with Gasteiger partial charge in [0.15, 0.2) is 0 Å². The summed E-state index contributed by atoms with van der Waals surface area (Å²) in [5.74, 6) is -0.220. The first-order valence-corrected chi connectivity index (χ1v) is 8.02. The second-order valence-corrected chi connectivity index (χ2v) is 6.84. The Labute approximate surface area is 137 Å². The average Bonchev–Trinajstić information content (AvgIpc) is 2.32. The van der Waals surface area contributed by atoms with E-state index in [2.05, 4.69) is 53.1 Å². The van der Waals surface area contributed by atoms with Gasteiger partial charge in [0, 0.05) is 24.7 Å². The number of benzene rings is 2. The van der Waals surface area contributed by atoms with Gasteiger partial charge in [-0.05, 0) is 53.2 Å². The zero-order valence-corrected chi connectivity index (χ0v) is 14.8. The van der Waals surface area contributed by atoms with E-state index < -0.39 is 0 Å². The van der Waals surface area contributed by atoms with Crippen LogP contribution < -0.4 is 5.32 Å². The molecule has 2 aromatic rings. The van der Waals surface area contributed by atoms with Crippen molar-refractivity contribution in [3.63, 3.8) is 0 Å². The molecule has 0 amide bonds. The number of hydrogen-bond donors (Lipinski definition) is 1. The quantitative estimate of drug-likeness (QED) is 0.578. The Morgan fingerprint density at radius 1 is 1.00 bits per heavy atom. The van der Waals surface area contributed by atoms with E-state index in [1.54, 1.807) is 6.07 Å². The van der Waals surface area contributed by atoms with Crippen LogP contribution in [0.3, 0.4) is 0 Å². The molecule has 2 aromatic carbocycles. The van der Waals surface area contributed by atoms with Crippen LogP contribution >= 0.6 is 47.8 Å².